The zero-order valence-corrected chi connectivity index (χ0v) is 7.53. The summed E-state index contributed by atoms with van der Waals surface area (Å²) < 4.78 is 13.1. The van der Waals surface area contributed by atoms with Crippen LogP contribution < -0.4 is 5.32 Å². The Labute approximate surface area is 84.2 Å². The molecule has 0 atom stereocenters. The Hall–Kier alpha value is -2.11. The third-order valence-electron chi connectivity index (χ3n) is 1.62. The summed E-state index contributed by atoms with van der Waals surface area (Å²) in [4.78, 5) is 21.4. The minimum atomic E-state index is -1.25. The fraction of sp³-hybridized carbons (Fsp3) is 0.111. The molecule has 0 aliphatic rings. The molecule has 0 heterocycles. The van der Waals surface area contributed by atoms with E-state index in [9.17, 15) is 19.1 Å². The number of carbonyl (C=O) groups is 2. The number of aliphatic carboxylic acids is 1. The van der Waals surface area contributed by atoms with Crippen molar-refractivity contribution in [3.63, 3.8) is 0 Å². The van der Waals surface area contributed by atoms with E-state index in [1.54, 1.807) is 0 Å². The van der Waals surface area contributed by atoms with Gasteiger partial charge in [0.1, 0.15) is 23.7 Å². The summed E-state index contributed by atoms with van der Waals surface area (Å²) in [6, 6.07) is 3.37. The van der Waals surface area contributed by atoms with Gasteiger partial charge in [-0.05, 0) is 12.1 Å². The molecule has 0 saturated carbocycles. The lowest BCUT2D eigenvalue weighted by Crippen LogP contribution is -2.29. The zero-order chi connectivity index (χ0) is 11.4. The molecule has 0 aromatic heterocycles. The maximum atomic E-state index is 13.1. The van der Waals surface area contributed by atoms with E-state index in [1.807, 2.05) is 5.32 Å². The van der Waals surface area contributed by atoms with Crippen LogP contribution in [0, 0.1) is 5.82 Å². The molecule has 0 spiro atoms. The number of carboxylic acid groups (broad SMARTS) is 1. The number of phenols is 1. The number of nitrogens with one attached hydrogen (secondary N) is 1. The molecular weight excluding hydrogens is 205 g/mol. The van der Waals surface area contributed by atoms with Crippen LogP contribution in [0.5, 0.6) is 5.75 Å². The van der Waals surface area contributed by atoms with Gasteiger partial charge in [0.2, 0.25) is 0 Å². The molecule has 0 aliphatic heterocycles. The van der Waals surface area contributed by atoms with Crippen molar-refractivity contribution in [3.8, 4) is 5.75 Å². The number of aromatic hydroxyl groups is 1. The quantitative estimate of drug-likeness (QED) is 0.676. The monoisotopic (exact) mass is 213 g/mol. The second kappa shape index (κ2) is 4.41. The van der Waals surface area contributed by atoms with E-state index in [4.69, 9.17) is 5.11 Å². The zero-order valence-electron chi connectivity index (χ0n) is 7.53. The molecule has 3 N–H and O–H groups in total. The van der Waals surface area contributed by atoms with E-state index in [0.717, 1.165) is 12.1 Å². The van der Waals surface area contributed by atoms with Crippen molar-refractivity contribution in [2.75, 3.05) is 6.54 Å². The lowest BCUT2D eigenvalue weighted by molar-refractivity contribution is -0.135. The third kappa shape index (κ3) is 2.67. The highest BCUT2D eigenvalue weighted by Crippen LogP contribution is 2.19. The van der Waals surface area contributed by atoms with Crippen LogP contribution in [0.25, 0.3) is 0 Å². The Morgan fingerprint density at radius 3 is 2.60 bits per heavy atom. The van der Waals surface area contributed by atoms with E-state index in [2.05, 4.69) is 0 Å². The van der Waals surface area contributed by atoms with Gasteiger partial charge < -0.3 is 15.5 Å². The maximum absolute atomic E-state index is 13.1. The lowest BCUT2D eigenvalue weighted by atomic mass is 10.2. The van der Waals surface area contributed by atoms with Crippen LogP contribution in [0.4, 0.5) is 4.39 Å². The van der Waals surface area contributed by atoms with Gasteiger partial charge in [0.05, 0.1) is 0 Å². The van der Waals surface area contributed by atoms with E-state index in [-0.39, 0.29) is 0 Å². The van der Waals surface area contributed by atoms with Crippen LogP contribution in [-0.4, -0.2) is 28.6 Å². The molecule has 1 amide bonds. The van der Waals surface area contributed by atoms with Gasteiger partial charge in [-0.3, -0.25) is 9.59 Å². The summed E-state index contributed by atoms with van der Waals surface area (Å²) in [6.07, 6.45) is 0. The Bertz CT molecular complexity index is 385. The summed E-state index contributed by atoms with van der Waals surface area (Å²) in [7, 11) is 0. The molecule has 1 aromatic carbocycles. The van der Waals surface area contributed by atoms with Crippen molar-refractivity contribution < 1.29 is 24.2 Å². The molecule has 1 aromatic rings. The van der Waals surface area contributed by atoms with E-state index < -0.39 is 35.6 Å². The fourth-order valence-electron chi connectivity index (χ4n) is 0.982. The topological polar surface area (TPSA) is 86.6 Å². The van der Waals surface area contributed by atoms with Crippen molar-refractivity contribution in [1.82, 2.24) is 5.32 Å². The Morgan fingerprint density at radius 1 is 1.40 bits per heavy atom. The predicted octanol–water partition coefficient (Wildman–Crippen LogP) is 0.346. The largest absolute Gasteiger partial charge is 0.507 e. The summed E-state index contributed by atoms with van der Waals surface area (Å²) in [5, 5.41) is 19.4. The molecule has 0 radical (unpaired) electrons. The number of amides is 1. The maximum Gasteiger partial charge on any atom is 0.322 e. The molecule has 80 valence electrons. The van der Waals surface area contributed by atoms with Gasteiger partial charge in [0, 0.05) is 0 Å². The second-order valence-corrected chi connectivity index (χ2v) is 2.71. The Kier molecular flexibility index (Phi) is 3.22. The van der Waals surface area contributed by atoms with Crippen molar-refractivity contribution in [2.24, 2.45) is 0 Å². The minimum absolute atomic E-state index is 0.530. The van der Waals surface area contributed by atoms with Gasteiger partial charge in [-0.25, -0.2) is 4.39 Å². The number of phenolic OH excluding ortho intramolecular Hbond substituents is 1. The van der Waals surface area contributed by atoms with Crippen LogP contribution in [0.15, 0.2) is 18.2 Å². The standard InChI is InChI=1S/C9H8FNO4/c10-5-2-1-3-6(12)8(5)9(15)11-4-7(13)14/h1-3,12H,4H2,(H,11,15)(H,13,14). The molecule has 0 saturated heterocycles. The van der Waals surface area contributed by atoms with Crippen LogP contribution in [0.1, 0.15) is 10.4 Å². The normalized spacial score (nSPS) is 9.67. The summed E-state index contributed by atoms with van der Waals surface area (Å²) in [5.41, 5.74) is -0.557. The van der Waals surface area contributed by atoms with Gasteiger partial charge in [-0.2, -0.15) is 0 Å². The molecular formula is C9H8FNO4. The SMILES string of the molecule is O=C(O)CNC(=O)c1c(O)cccc1F. The first-order valence-electron chi connectivity index (χ1n) is 4.00. The molecule has 0 fully saturated rings. The molecule has 0 aliphatic carbocycles. The highest BCUT2D eigenvalue weighted by atomic mass is 19.1. The Morgan fingerprint density at radius 2 is 2.07 bits per heavy atom. The van der Waals surface area contributed by atoms with E-state index in [0.29, 0.717) is 0 Å². The first-order chi connectivity index (χ1) is 7.02. The smallest absolute Gasteiger partial charge is 0.322 e. The first-order valence-corrected chi connectivity index (χ1v) is 4.00. The molecule has 6 heteroatoms. The summed E-state index contributed by atoms with van der Waals surface area (Å²) >= 11 is 0. The molecule has 0 bridgehead atoms. The summed E-state index contributed by atoms with van der Waals surface area (Å²) in [6.45, 7) is -0.632. The predicted molar refractivity (Wildman–Crippen MR) is 48.0 cm³/mol. The first kappa shape index (κ1) is 11.0. The van der Waals surface area contributed by atoms with Crippen molar-refractivity contribution in [2.45, 2.75) is 0 Å². The molecule has 1 rings (SSSR count). The third-order valence-corrected chi connectivity index (χ3v) is 1.62. The van der Waals surface area contributed by atoms with E-state index in [1.165, 1.54) is 6.07 Å². The van der Waals surface area contributed by atoms with Gasteiger partial charge in [0.15, 0.2) is 0 Å². The number of carboxylic acids is 1. The average Bonchev–Trinajstić information content (AvgIpc) is 2.14. The van der Waals surface area contributed by atoms with Crippen LogP contribution in [0.2, 0.25) is 0 Å². The second-order valence-electron chi connectivity index (χ2n) is 2.71. The van der Waals surface area contributed by atoms with Gasteiger partial charge in [-0.15, -0.1) is 0 Å². The van der Waals surface area contributed by atoms with Crippen LogP contribution in [0.3, 0.4) is 0 Å². The van der Waals surface area contributed by atoms with E-state index >= 15 is 0 Å². The number of rotatable bonds is 3. The number of hydrogen-bond acceptors (Lipinski definition) is 3. The van der Waals surface area contributed by atoms with Gasteiger partial charge in [-0.1, -0.05) is 6.07 Å². The highest BCUT2D eigenvalue weighted by Gasteiger charge is 2.16. The van der Waals surface area contributed by atoms with Crippen molar-refractivity contribution in [1.29, 1.82) is 0 Å². The number of carbonyl (C=O) groups excluding carboxylic acids is 1. The van der Waals surface area contributed by atoms with Gasteiger partial charge in [0.25, 0.3) is 5.91 Å². The number of hydrogen-bond donors (Lipinski definition) is 3. The minimum Gasteiger partial charge on any atom is -0.507 e. The number of benzene rings is 1. The summed E-state index contributed by atoms with van der Waals surface area (Å²) in [5.74, 6) is -3.65. The van der Waals surface area contributed by atoms with Crippen LogP contribution in [-0.2, 0) is 4.79 Å². The Balaban J connectivity index is 2.86. The van der Waals surface area contributed by atoms with Crippen LogP contribution >= 0.6 is 0 Å². The van der Waals surface area contributed by atoms with Gasteiger partial charge >= 0.3 is 5.97 Å². The number of halogens is 1. The lowest BCUT2D eigenvalue weighted by Gasteiger charge is -2.05. The molecule has 0 unspecified atom stereocenters. The highest BCUT2D eigenvalue weighted by molar-refractivity contribution is 5.98. The molecule has 5 nitrogen and oxygen atoms in total. The fourth-order valence-corrected chi connectivity index (χ4v) is 0.982. The average molecular weight is 213 g/mol. The van der Waals surface area contributed by atoms with Crippen molar-refractivity contribution in [3.05, 3.63) is 29.6 Å². The van der Waals surface area contributed by atoms with Crippen molar-refractivity contribution >= 4 is 11.9 Å². The molecule has 15 heavy (non-hydrogen) atoms.